The second-order valence-electron chi connectivity index (χ2n) is 6.44. The van der Waals surface area contributed by atoms with E-state index in [1.54, 1.807) is 30.0 Å². The number of fused-ring (bicyclic) bond motifs is 1. The lowest BCUT2D eigenvalue weighted by Gasteiger charge is -2.13. The van der Waals surface area contributed by atoms with Crippen molar-refractivity contribution in [1.82, 2.24) is 14.8 Å². The molecule has 7 heteroatoms. The molecule has 0 spiro atoms. The van der Waals surface area contributed by atoms with Crippen molar-refractivity contribution in [3.8, 4) is 34.4 Å². The highest BCUT2D eigenvalue weighted by molar-refractivity contribution is 5.99. The highest BCUT2D eigenvalue weighted by atomic mass is 16.5. The molecule has 0 saturated heterocycles. The summed E-state index contributed by atoms with van der Waals surface area (Å²) in [7, 11) is 3.10. The molecule has 0 aliphatic rings. The van der Waals surface area contributed by atoms with E-state index in [1.807, 2.05) is 43.3 Å². The van der Waals surface area contributed by atoms with Crippen LogP contribution in [0.3, 0.4) is 0 Å². The minimum Gasteiger partial charge on any atom is -0.497 e. The third-order valence-electron chi connectivity index (χ3n) is 4.81. The van der Waals surface area contributed by atoms with Crippen LogP contribution in [0.4, 0.5) is 0 Å². The van der Waals surface area contributed by atoms with Crippen molar-refractivity contribution in [1.29, 1.82) is 5.26 Å². The maximum absolute atomic E-state index is 12.8. The number of pyridine rings is 1. The Hall–Kier alpha value is -4.05. The third-order valence-corrected chi connectivity index (χ3v) is 4.81. The predicted octanol–water partition coefficient (Wildman–Crippen LogP) is 3.58. The van der Waals surface area contributed by atoms with Gasteiger partial charge < -0.3 is 14.5 Å². The number of nitriles is 1. The Morgan fingerprint density at radius 1 is 1.10 bits per heavy atom. The standard InChI is InChI=1S/C22H18N4O3/c1-13-19-20(16-10-9-15(28-2)11-18(16)29-3)17(12-23)22(27)24-21(19)26(25-13)14-7-5-4-6-8-14/h4-11H,1-3H3,(H,24,27). The molecule has 29 heavy (non-hydrogen) atoms. The number of methoxy groups -OCH3 is 2. The predicted molar refractivity (Wildman–Crippen MR) is 110 cm³/mol. The number of aromatic amines is 1. The van der Waals surface area contributed by atoms with Crippen molar-refractivity contribution in [3.63, 3.8) is 0 Å². The second-order valence-corrected chi connectivity index (χ2v) is 6.44. The molecule has 0 saturated carbocycles. The second kappa shape index (κ2) is 7.17. The molecule has 2 heterocycles. The Morgan fingerprint density at radius 3 is 2.52 bits per heavy atom. The Bertz CT molecular complexity index is 1310. The van der Waals surface area contributed by atoms with E-state index < -0.39 is 5.56 Å². The first-order chi connectivity index (χ1) is 14.1. The number of rotatable bonds is 4. The van der Waals surface area contributed by atoms with Crippen molar-refractivity contribution in [2.75, 3.05) is 14.2 Å². The summed E-state index contributed by atoms with van der Waals surface area (Å²) in [5, 5.41) is 15.0. The van der Waals surface area contributed by atoms with E-state index in [-0.39, 0.29) is 5.56 Å². The molecule has 7 nitrogen and oxygen atoms in total. The van der Waals surface area contributed by atoms with Crippen LogP contribution in [0, 0.1) is 18.3 Å². The number of hydrogen-bond donors (Lipinski definition) is 1. The van der Waals surface area contributed by atoms with Gasteiger partial charge in [0.25, 0.3) is 5.56 Å². The molecule has 1 N–H and O–H groups in total. The Morgan fingerprint density at radius 2 is 1.86 bits per heavy atom. The van der Waals surface area contributed by atoms with E-state index >= 15 is 0 Å². The normalized spacial score (nSPS) is 10.7. The number of para-hydroxylation sites is 1. The first-order valence-electron chi connectivity index (χ1n) is 8.92. The van der Waals surface area contributed by atoms with Gasteiger partial charge in [-0.2, -0.15) is 10.4 Å². The van der Waals surface area contributed by atoms with Crippen LogP contribution in [0.1, 0.15) is 11.3 Å². The van der Waals surface area contributed by atoms with Gasteiger partial charge in [0.1, 0.15) is 28.8 Å². The van der Waals surface area contributed by atoms with E-state index in [0.717, 1.165) is 5.69 Å². The molecule has 4 aromatic rings. The summed E-state index contributed by atoms with van der Waals surface area (Å²) in [6.45, 7) is 1.85. The fourth-order valence-electron chi connectivity index (χ4n) is 3.49. The average molecular weight is 386 g/mol. The van der Waals surface area contributed by atoms with E-state index in [4.69, 9.17) is 9.47 Å². The fraction of sp³-hybridized carbons (Fsp3) is 0.136. The molecular weight excluding hydrogens is 368 g/mol. The van der Waals surface area contributed by atoms with Crippen LogP contribution >= 0.6 is 0 Å². The highest BCUT2D eigenvalue weighted by Crippen LogP contribution is 2.39. The van der Waals surface area contributed by atoms with Gasteiger partial charge in [0.15, 0.2) is 0 Å². The molecule has 0 aliphatic carbocycles. The van der Waals surface area contributed by atoms with Crippen LogP contribution < -0.4 is 15.0 Å². The lowest BCUT2D eigenvalue weighted by Crippen LogP contribution is -2.14. The van der Waals surface area contributed by atoms with Gasteiger partial charge in [0.05, 0.1) is 25.6 Å². The van der Waals surface area contributed by atoms with E-state index in [0.29, 0.717) is 39.4 Å². The number of hydrogen-bond acceptors (Lipinski definition) is 5. The monoisotopic (exact) mass is 386 g/mol. The smallest absolute Gasteiger partial charge is 0.268 e. The summed E-state index contributed by atoms with van der Waals surface area (Å²) in [5.74, 6) is 1.11. The molecule has 0 amide bonds. The summed E-state index contributed by atoms with van der Waals surface area (Å²) >= 11 is 0. The molecule has 0 atom stereocenters. The first kappa shape index (κ1) is 18.3. The van der Waals surface area contributed by atoms with Crippen molar-refractivity contribution in [2.24, 2.45) is 0 Å². The summed E-state index contributed by atoms with van der Waals surface area (Å²) in [6, 6.07) is 16.8. The van der Waals surface area contributed by atoms with Gasteiger partial charge in [0, 0.05) is 22.6 Å². The number of aromatic nitrogens is 3. The molecular formula is C22H18N4O3. The van der Waals surface area contributed by atoms with E-state index in [1.165, 1.54) is 7.11 Å². The summed E-state index contributed by atoms with van der Waals surface area (Å²) in [4.78, 5) is 15.6. The molecule has 0 radical (unpaired) electrons. The highest BCUT2D eigenvalue weighted by Gasteiger charge is 2.23. The topological polar surface area (TPSA) is 92.9 Å². The number of nitrogens with zero attached hydrogens (tertiary/aromatic N) is 3. The zero-order valence-electron chi connectivity index (χ0n) is 16.2. The van der Waals surface area contributed by atoms with Crippen molar-refractivity contribution in [3.05, 3.63) is 70.1 Å². The maximum Gasteiger partial charge on any atom is 0.268 e. The molecule has 4 rings (SSSR count). The van der Waals surface area contributed by atoms with Gasteiger partial charge in [0.2, 0.25) is 0 Å². The maximum atomic E-state index is 12.8. The molecule has 2 aromatic carbocycles. The summed E-state index contributed by atoms with van der Waals surface area (Å²) < 4.78 is 12.5. The van der Waals surface area contributed by atoms with Crippen LogP contribution in [0.15, 0.2) is 53.3 Å². The fourth-order valence-corrected chi connectivity index (χ4v) is 3.49. The van der Waals surface area contributed by atoms with Gasteiger partial charge in [-0.25, -0.2) is 4.68 Å². The van der Waals surface area contributed by atoms with E-state index in [9.17, 15) is 10.1 Å². The van der Waals surface area contributed by atoms with Gasteiger partial charge >= 0.3 is 0 Å². The van der Waals surface area contributed by atoms with Crippen molar-refractivity contribution in [2.45, 2.75) is 6.92 Å². The SMILES string of the molecule is COc1ccc(-c2c(C#N)c(=O)[nH]c3c2c(C)nn3-c2ccccc2)c(OC)c1. The summed E-state index contributed by atoms with van der Waals surface area (Å²) in [5.41, 5.74) is 2.65. The number of nitrogens with one attached hydrogen (secondary N) is 1. The van der Waals surface area contributed by atoms with Gasteiger partial charge in [-0.05, 0) is 31.2 Å². The molecule has 0 fully saturated rings. The number of aryl methyl sites for hydroxylation is 1. The lowest BCUT2D eigenvalue weighted by molar-refractivity contribution is 0.395. The van der Waals surface area contributed by atoms with Gasteiger partial charge in [-0.1, -0.05) is 18.2 Å². The quantitative estimate of drug-likeness (QED) is 0.579. The van der Waals surface area contributed by atoms with Crippen LogP contribution in [-0.4, -0.2) is 29.0 Å². The largest absolute Gasteiger partial charge is 0.497 e. The molecule has 2 aromatic heterocycles. The summed E-state index contributed by atoms with van der Waals surface area (Å²) in [6.07, 6.45) is 0. The lowest BCUT2D eigenvalue weighted by atomic mass is 9.96. The van der Waals surface area contributed by atoms with Gasteiger partial charge in [-0.3, -0.25) is 4.79 Å². The Labute approximate surface area is 166 Å². The van der Waals surface area contributed by atoms with Gasteiger partial charge in [-0.15, -0.1) is 0 Å². The first-order valence-corrected chi connectivity index (χ1v) is 8.92. The molecule has 0 aliphatic heterocycles. The number of H-pyrrole nitrogens is 1. The van der Waals surface area contributed by atoms with Crippen LogP contribution in [-0.2, 0) is 0 Å². The zero-order chi connectivity index (χ0) is 20.5. The molecule has 0 bridgehead atoms. The van der Waals surface area contributed by atoms with E-state index in [2.05, 4.69) is 10.1 Å². The Kier molecular flexibility index (Phi) is 4.53. The zero-order valence-corrected chi connectivity index (χ0v) is 16.2. The van der Waals surface area contributed by atoms with Crippen molar-refractivity contribution >= 4 is 11.0 Å². The minimum atomic E-state index is -0.482. The van der Waals surface area contributed by atoms with Crippen LogP contribution in [0.5, 0.6) is 11.5 Å². The van der Waals surface area contributed by atoms with Crippen molar-refractivity contribution < 1.29 is 9.47 Å². The van der Waals surface area contributed by atoms with Crippen LogP contribution in [0.25, 0.3) is 27.8 Å². The number of benzene rings is 2. The molecule has 0 unspecified atom stereocenters. The van der Waals surface area contributed by atoms with Crippen LogP contribution in [0.2, 0.25) is 0 Å². The average Bonchev–Trinajstić information content (AvgIpc) is 3.08. The minimum absolute atomic E-state index is 0.0108. The Balaban J connectivity index is 2.14. The third kappa shape index (κ3) is 2.91. The number of ether oxygens (including phenoxy) is 2. The molecule has 144 valence electrons.